The predicted molar refractivity (Wildman–Crippen MR) is 131 cm³/mol. The van der Waals surface area contributed by atoms with Crippen LogP contribution in [0.1, 0.15) is 39.8 Å². The molecule has 1 fully saturated rings. The van der Waals surface area contributed by atoms with Crippen molar-refractivity contribution in [3.63, 3.8) is 0 Å². The molecule has 174 valence electrons. The van der Waals surface area contributed by atoms with E-state index in [1.807, 2.05) is 23.6 Å². The normalized spacial score (nSPS) is 15.9. The quantitative estimate of drug-likeness (QED) is 0.341. The zero-order valence-electron chi connectivity index (χ0n) is 18.4. The number of fused-ring (bicyclic) bond motifs is 1. The van der Waals surface area contributed by atoms with Crippen molar-refractivity contribution >= 4 is 44.8 Å². The summed E-state index contributed by atoms with van der Waals surface area (Å²) in [7, 11) is 0. The average molecular weight is 494 g/mol. The molecule has 5 rings (SSSR count). The van der Waals surface area contributed by atoms with Crippen LogP contribution < -0.4 is 4.74 Å². The van der Waals surface area contributed by atoms with Crippen molar-refractivity contribution in [2.45, 2.75) is 25.4 Å². The molecule has 0 bridgehead atoms. The summed E-state index contributed by atoms with van der Waals surface area (Å²) >= 11 is 3.20. The topological polar surface area (TPSA) is 81.6 Å². The fourth-order valence-corrected chi connectivity index (χ4v) is 5.56. The molecule has 0 N–H and O–H groups in total. The molecule has 34 heavy (non-hydrogen) atoms. The van der Waals surface area contributed by atoms with Gasteiger partial charge in [0.2, 0.25) is 0 Å². The van der Waals surface area contributed by atoms with E-state index in [4.69, 9.17) is 14.5 Å². The Morgan fingerprint density at radius 1 is 1.12 bits per heavy atom. The highest BCUT2D eigenvalue weighted by Gasteiger charge is 2.27. The third-order valence-corrected chi connectivity index (χ3v) is 7.55. The fraction of sp³-hybridized carbons (Fsp3) is 0.280. The van der Waals surface area contributed by atoms with E-state index in [9.17, 15) is 9.59 Å². The van der Waals surface area contributed by atoms with Crippen LogP contribution in [0.15, 0.2) is 59.4 Å². The molecule has 9 heteroatoms. The number of amides is 1. The van der Waals surface area contributed by atoms with Crippen LogP contribution in [0.5, 0.6) is 5.75 Å². The predicted octanol–water partition coefficient (Wildman–Crippen LogP) is 4.89. The lowest BCUT2D eigenvalue weighted by Crippen LogP contribution is -2.41. The Hall–Kier alpha value is -3.30. The van der Waals surface area contributed by atoms with Gasteiger partial charge in [-0.3, -0.25) is 4.79 Å². The Morgan fingerprint density at radius 3 is 2.76 bits per heavy atom. The molecule has 3 heterocycles. The van der Waals surface area contributed by atoms with Crippen LogP contribution in [0.4, 0.5) is 0 Å². The minimum absolute atomic E-state index is 0.178. The van der Waals surface area contributed by atoms with E-state index in [-0.39, 0.29) is 18.4 Å². The zero-order valence-corrected chi connectivity index (χ0v) is 20.0. The first-order valence-electron chi connectivity index (χ1n) is 11.1. The van der Waals surface area contributed by atoms with Gasteiger partial charge in [0.25, 0.3) is 5.91 Å². The van der Waals surface area contributed by atoms with Crippen LogP contribution in [0, 0.1) is 0 Å². The molecule has 7 nitrogen and oxygen atoms in total. The molecular weight excluding hydrogens is 470 g/mol. The third-order valence-electron chi connectivity index (χ3n) is 5.72. The number of benzene rings is 2. The molecule has 1 aliphatic heterocycles. The lowest BCUT2D eigenvalue weighted by Gasteiger charge is -2.31. The maximum Gasteiger partial charge on any atom is 0.338 e. The lowest BCUT2D eigenvalue weighted by molar-refractivity contribution is -0.135. The maximum atomic E-state index is 12.7. The first-order chi connectivity index (χ1) is 16.7. The molecule has 0 aliphatic carbocycles. The van der Waals surface area contributed by atoms with E-state index >= 15 is 0 Å². The molecule has 1 amide bonds. The van der Waals surface area contributed by atoms with Gasteiger partial charge in [-0.1, -0.05) is 12.1 Å². The SMILES string of the molecule is O=C(OCC(=O)N1CCCC(c2nc3ccccc3s2)C1)c1ccc(OCc2cscn2)cc1. The number of esters is 1. The number of piperidine rings is 1. The van der Waals surface area contributed by atoms with Crippen molar-refractivity contribution < 1.29 is 19.1 Å². The second kappa shape index (κ2) is 10.3. The number of aromatic nitrogens is 2. The van der Waals surface area contributed by atoms with Gasteiger partial charge in [-0.15, -0.1) is 22.7 Å². The minimum Gasteiger partial charge on any atom is -0.487 e. The highest BCUT2D eigenvalue weighted by molar-refractivity contribution is 7.18. The Morgan fingerprint density at radius 2 is 1.97 bits per heavy atom. The molecule has 1 aliphatic rings. The summed E-state index contributed by atoms with van der Waals surface area (Å²) in [5, 5.41) is 2.99. The number of carbonyl (C=O) groups is 2. The summed E-state index contributed by atoms with van der Waals surface area (Å²) in [6.45, 7) is 1.37. The molecule has 4 aromatic rings. The number of hydrogen-bond acceptors (Lipinski definition) is 8. The number of hydrogen-bond donors (Lipinski definition) is 0. The van der Waals surface area contributed by atoms with Crippen LogP contribution in [0.2, 0.25) is 0 Å². The van der Waals surface area contributed by atoms with Gasteiger partial charge < -0.3 is 14.4 Å². The van der Waals surface area contributed by atoms with Crippen molar-refractivity contribution in [3.05, 3.63) is 75.7 Å². The van der Waals surface area contributed by atoms with Crippen LogP contribution in [-0.4, -0.2) is 46.4 Å². The van der Waals surface area contributed by atoms with Gasteiger partial charge in [0.15, 0.2) is 6.61 Å². The minimum atomic E-state index is -0.529. The number of carbonyl (C=O) groups excluding carboxylic acids is 2. The van der Waals surface area contributed by atoms with Crippen LogP contribution in [0.3, 0.4) is 0 Å². The molecule has 0 radical (unpaired) electrons. The van der Waals surface area contributed by atoms with Gasteiger partial charge in [-0.25, -0.2) is 14.8 Å². The summed E-state index contributed by atoms with van der Waals surface area (Å²) in [6, 6.07) is 14.8. The van der Waals surface area contributed by atoms with Gasteiger partial charge in [0, 0.05) is 24.4 Å². The van der Waals surface area contributed by atoms with Crippen molar-refractivity contribution in [1.82, 2.24) is 14.9 Å². The Labute approximate surface area is 205 Å². The van der Waals surface area contributed by atoms with E-state index < -0.39 is 5.97 Å². The van der Waals surface area contributed by atoms with Crippen molar-refractivity contribution in [2.24, 2.45) is 0 Å². The maximum absolute atomic E-state index is 12.7. The monoisotopic (exact) mass is 493 g/mol. The van der Waals surface area contributed by atoms with Crippen molar-refractivity contribution in [2.75, 3.05) is 19.7 Å². The second-order valence-corrected chi connectivity index (χ2v) is 9.85. The van der Waals surface area contributed by atoms with Gasteiger partial charge in [0.1, 0.15) is 12.4 Å². The van der Waals surface area contributed by atoms with Crippen LogP contribution in [0.25, 0.3) is 10.2 Å². The van der Waals surface area contributed by atoms with Crippen molar-refractivity contribution in [1.29, 1.82) is 0 Å². The number of rotatable bonds is 7. The molecular formula is C25H23N3O4S2. The average Bonchev–Trinajstić information content (AvgIpc) is 3.56. The molecule has 1 atom stereocenters. The van der Waals surface area contributed by atoms with E-state index in [1.54, 1.807) is 46.0 Å². The zero-order chi connectivity index (χ0) is 23.3. The van der Waals surface area contributed by atoms with Gasteiger partial charge in [-0.05, 0) is 49.2 Å². The smallest absolute Gasteiger partial charge is 0.338 e. The van der Waals surface area contributed by atoms with Gasteiger partial charge in [-0.2, -0.15) is 0 Å². The molecule has 0 spiro atoms. The Balaban J connectivity index is 1.12. The number of likely N-dealkylation sites (tertiary alicyclic amines) is 1. The number of thiazole rings is 2. The van der Waals surface area contributed by atoms with Crippen LogP contribution >= 0.6 is 22.7 Å². The van der Waals surface area contributed by atoms with Crippen molar-refractivity contribution in [3.8, 4) is 5.75 Å². The molecule has 1 saturated heterocycles. The molecule has 0 saturated carbocycles. The standard InChI is InChI=1S/C25H23N3O4S2/c29-23(28-11-3-4-18(12-28)24-27-21-5-1-2-6-22(21)34-24)14-32-25(30)17-7-9-20(10-8-17)31-13-19-15-33-16-26-19/h1-2,5-10,15-16,18H,3-4,11-14H2. The van der Waals surface area contributed by atoms with Gasteiger partial charge >= 0.3 is 5.97 Å². The largest absolute Gasteiger partial charge is 0.487 e. The summed E-state index contributed by atoms with van der Waals surface area (Å²) in [5.74, 6) is 0.138. The molecule has 2 aromatic heterocycles. The fourth-order valence-electron chi connectivity index (χ4n) is 3.93. The molecule has 2 aromatic carbocycles. The summed E-state index contributed by atoms with van der Waals surface area (Å²) < 4.78 is 12.1. The highest BCUT2D eigenvalue weighted by Crippen LogP contribution is 2.33. The van der Waals surface area contributed by atoms with E-state index in [2.05, 4.69) is 11.1 Å². The first kappa shape index (κ1) is 22.5. The number of nitrogens with zero attached hydrogens (tertiary/aromatic N) is 3. The Kier molecular flexibility index (Phi) is 6.82. The lowest BCUT2D eigenvalue weighted by atomic mass is 9.99. The number of ether oxygens (including phenoxy) is 2. The summed E-state index contributed by atoms with van der Waals surface area (Å²) in [5.41, 5.74) is 3.98. The third kappa shape index (κ3) is 5.26. The first-order valence-corrected chi connectivity index (χ1v) is 12.8. The van der Waals surface area contributed by atoms with E-state index in [1.165, 1.54) is 11.3 Å². The van der Waals surface area contributed by atoms with Gasteiger partial charge in [0.05, 0.1) is 32.0 Å². The second-order valence-electron chi connectivity index (χ2n) is 8.07. The number of para-hydroxylation sites is 1. The van der Waals surface area contributed by atoms with Crippen LogP contribution in [-0.2, 0) is 16.1 Å². The highest BCUT2D eigenvalue weighted by atomic mass is 32.1. The Bertz CT molecular complexity index is 1240. The van der Waals surface area contributed by atoms with E-state index in [0.29, 0.717) is 31.0 Å². The summed E-state index contributed by atoms with van der Waals surface area (Å²) in [4.78, 5) is 35.9. The molecule has 1 unspecified atom stereocenters. The van der Waals surface area contributed by atoms with E-state index in [0.717, 1.165) is 33.8 Å². The summed E-state index contributed by atoms with van der Waals surface area (Å²) in [6.07, 6.45) is 1.91.